The van der Waals surface area contributed by atoms with Crippen LogP contribution in [0.4, 0.5) is 5.82 Å². The molecule has 3 aromatic rings. The lowest BCUT2D eigenvalue weighted by molar-refractivity contribution is 0.0746. The molecule has 26 heavy (non-hydrogen) atoms. The molecule has 0 N–H and O–H groups in total. The van der Waals surface area contributed by atoms with Crippen LogP contribution < -0.4 is 9.64 Å². The van der Waals surface area contributed by atoms with Crippen LogP contribution in [-0.2, 0) is 0 Å². The molecule has 7 nitrogen and oxygen atoms in total. The third-order valence-corrected chi connectivity index (χ3v) is 4.61. The molecule has 1 aliphatic rings. The van der Waals surface area contributed by atoms with Crippen molar-refractivity contribution in [3.8, 4) is 5.88 Å². The first-order chi connectivity index (χ1) is 12.8. The van der Waals surface area contributed by atoms with Crippen molar-refractivity contribution < 1.29 is 9.53 Å². The van der Waals surface area contributed by atoms with Crippen molar-refractivity contribution in [2.45, 2.75) is 0 Å². The van der Waals surface area contributed by atoms with Crippen molar-refractivity contribution in [3.63, 3.8) is 0 Å². The molecule has 1 saturated heterocycles. The van der Waals surface area contributed by atoms with Gasteiger partial charge in [0, 0.05) is 49.2 Å². The Morgan fingerprint density at radius 2 is 1.85 bits per heavy atom. The molecule has 0 unspecified atom stereocenters. The molecule has 0 aliphatic carbocycles. The van der Waals surface area contributed by atoms with E-state index in [-0.39, 0.29) is 5.91 Å². The fourth-order valence-electron chi connectivity index (χ4n) is 3.18. The second kappa shape index (κ2) is 6.95. The van der Waals surface area contributed by atoms with E-state index >= 15 is 0 Å². The lowest BCUT2D eigenvalue weighted by Gasteiger charge is -2.35. The third-order valence-electron chi connectivity index (χ3n) is 4.61. The van der Waals surface area contributed by atoms with Crippen LogP contribution in [0.3, 0.4) is 0 Å². The number of piperazine rings is 1. The zero-order valence-electron chi connectivity index (χ0n) is 14.5. The van der Waals surface area contributed by atoms with Gasteiger partial charge < -0.3 is 14.5 Å². The normalized spacial score (nSPS) is 14.5. The van der Waals surface area contributed by atoms with Gasteiger partial charge in [0.25, 0.3) is 5.91 Å². The summed E-state index contributed by atoms with van der Waals surface area (Å²) >= 11 is 0. The number of aromatic nitrogens is 3. The molecule has 1 fully saturated rings. The fourth-order valence-corrected chi connectivity index (χ4v) is 3.18. The van der Waals surface area contributed by atoms with Gasteiger partial charge in [-0.05, 0) is 6.07 Å². The van der Waals surface area contributed by atoms with Crippen molar-refractivity contribution in [3.05, 3.63) is 54.4 Å². The molecule has 0 saturated carbocycles. The zero-order valence-corrected chi connectivity index (χ0v) is 14.5. The van der Waals surface area contributed by atoms with E-state index in [9.17, 15) is 4.79 Å². The molecular formula is C19H19N5O2. The molecule has 7 heteroatoms. The minimum Gasteiger partial charge on any atom is -0.481 e. The maximum absolute atomic E-state index is 12.7. The number of ether oxygens (including phenoxy) is 1. The Kier molecular flexibility index (Phi) is 4.35. The quantitative estimate of drug-likeness (QED) is 0.720. The number of anilines is 1. The van der Waals surface area contributed by atoms with Crippen LogP contribution in [-0.4, -0.2) is 59.3 Å². The van der Waals surface area contributed by atoms with Gasteiger partial charge in [-0.3, -0.25) is 4.79 Å². The summed E-state index contributed by atoms with van der Waals surface area (Å²) in [5.41, 5.74) is 0.573. The Bertz CT molecular complexity index is 915. The van der Waals surface area contributed by atoms with Crippen LogP contribution in [0, 0.1) is 0 Å². The number of fused-ring (bicyclic) bond motifs is 1. The molecule has 0 atom stereocenters. The molecule has 0 spiro atoms. The van der Waals surface area contributed by atoms with E-state index in [1.54, 1.807) is 31.6 Å². The minimum atomic E-state index is -0.0104. The minimum absolute atomic E-state index is 0.0104. The maximum Gasteiger partial charge on any atom is 0.255 e. The van der Waals surface area contributed by atoms with E-state index in [1.165, 1.54) is 0 Å². The van der Waals surface area contributed by atoms with Crippen LogP contribution in [0.15, 0.2) is 48.8 Å². The van der Waals surface area contributed by atoms with E-state index in [0.29, 0.717) is 24.5 Å². The average molecular weight is 349 g/mol. The predicted octanol–water partition coefficient (Wildman–Crippen LogP) is 2.00. The number of benzene rings is 1. The summed E-state index contributed by atoms with van der Waals surface area (Å²) < 4.78 is 5.04. The van der Waals surface area contributed by atoms with E-state index < -0.39 is 0 Å². The zero-order chi connectivity index (χ0) is 17.9. The number of hydrogen-bond donors (Lipinski definition) is 0. The number of methoxy groups -OCH3 is 1. The molecule has 3 heterocycles. The summed E-state index contributed by atoms with van der Waals surface area (Å²) in [4.78, 5) is 20.8. The van der Waals surface area contributed by atoms with Gasteiger partial charge in [-0.15, -0.1) is 5.10 Å². The number of rotatable bonds is 3. The lowest BCUT2D eigenvalue weighted by atomic mass is 10.1. The average Bonchev–Trinajstić information content (AvgIpc) is 2.73. The first kappa shape index (κ1) is 16.3. The summed E-state index contributed by atoms with van der Waals surface area (Å²) in [6.45, 7) is 2.71. The number of amides is 1. The lowest BCUT2D eigenvalue weighted by Crippen LogP contribution is -2.49. The summed E-state index contributed by atoms with van der Waals surface area (Å²) in [7, 11) is 1.55. The van der Waals surface area contributed by atoms with Gasteiger partial charge in [0.05, 0.1) is 18.9 Å². The van der Waals surface area contributed by atoms with Crippen molar-refractivity contribution in [1.29, 1.82) is 0 Å². The van der Waals surface area contributed by atoms with Crippen molar-refractivity contribution >= 4 is 22.5 Å². The smallest absolute Gasteiger partial charge is 0.255 e. The molecule has 0 radical (unpaired) electrons. The highest BCUT2D eigenvalue weighted by atomic mass is 16.5. The van der Waals surface area contributed by atoms with Crippen LogP contribution in [0.25, 0.3) is 10.8 Å². The Hall–Kier alpha value is -3.22. The molecule has 132 valence electrons. The molecule has 2 aromatic heterocycles. The fraction of sp³-hybridized carbons (Fsp3) is 0.263. The maximum atomic E-state index is 12.7. The van der Waals surface area contributed by atoms with Gasteiger partial charge in [-0.1, -0.05) is 24.3 Å². The molecule has 1 aromatic carbocycles. The number of hydrogen-bond acceptors (Lipinski definition) is 6. The molecule has 0 bridgehead atoms. The number of pyridine rings is 1. The summed E-state index contributed by atoms with van der Waals surface area (Å²) in [5.74, 6) is 1.37. The van der Waals surface area contributed by atoms with Gasteiger partial charge >= 0.3 is 0 Å². The second-order valence-electron chi connectivity index (χ2n) is 6.12. The van der Waals surface area contributed by atoms with Crippen molar-refractivity contribution in [2.75, 3.05) is 38.2 Å². The number of carbonyl (C=O) groups excluding carboxylic acids is 1. The standard InChI is InChI=1S/C19H19N5O2/c1-26-17-7-6-15(12-20-17)19(25)24-10-8-23(9-11-24)18-16-5-3-2-4-14(16)13-21-22-18/h2-7,12-13H,8-11H2,1H3. The Morgan fingerprint density at radius 1 is 1.04 bits per heavy atom. The Balaban J connectivity index is 1.47. The van der Waals surface area contributed by atoms with Gasteiger partial charge in [0.2, 0.25) is 5.88 Å². The number of carbonyl (C=O) groups is 1. The molecule has 4 rings (SSSR count). The van der Waals surface area contributed by atoms with Crippen molar-refractivity contribution in [2.24, 2.45) is 0 Å². The largest absolute Gasteiger partial charge is 0.481 e. The molecule has 1 amide bonds. The second-order valence-corrected chi connectivity index (χ2v) is 6.12. The van der Waals surface area contributed by atoms with Crippen LogP contribution in [0.1, 0.15) is 10.4 Å². The topological polar surface area (TPSA) is 71.5 Å². The SMILES string of the molecule is COc1ccc(C(=O)N2CCN(c3nncc4ccccc34)CC2)cn1. The van der Waals surface area contributed by atoms with Gasteiger partial charge in [0.15, 0.2) is 5.82 Å². The van der Waals surface area contributed by atoms with Gasteiger partial charge in [-0.25, -0.2) is 4.98 Å². The highest BCUT2D eigenvalue weighted by molar-refractivity contribution is 5.94. The monoisotopic (exact) mass is 349 g/mol. The predicted molar refractivity (Wildman–Crippen MR) is 98.4 cm³/mol. The van der Waals surface area contributed by atoms with E-state index in [2.05, 4.69) is 26.1 Å². The third kappa shape index (κ3) is 3.03. The van der Waals surface area contributed by atoms with E-state index in [1.807, 2.05) is 23.1 Å². The summed E-state index contributed by atoms with van der Waals surface area (Å²) in [6, 6.07) is 11.5. The Morgan fingerprint density at radius 3 is 2.58 bits per heavy atom. The Labute approximate surface area is 151 Å². The van der Waals surface area contributed by atoms with E-state index in [0.717, 1.165) is 29.7 Å². The summed E-state index contributed by atoms with van der Waals surface area (Å²) in [5, 5.41) is 10.6. The van der Waals surface area contributed by atoms with Crippen LogP contribution in [0.5, 0.6) is 5.88 Å². The first-order valence-corrected chi connectivity index (χ1v) is 8.51. The van der Waals surface area contributed by atoms with E-state index in [4.69, 9.17) is 4.74 Å². The first-order valence-electron chi connectivity index (χ1n) is 8.51. The highest BCUT2D eigenvalue weighted by Crippen LogP contribution is 2.24. The van der Waals surface area contributed by atoms with Crippen molar-refractivity contribution in [1.82, 2.24) is 20.1 Å². The van der Waals surface area contributed by atoms with Gasteiger partial charge in [-0.2, -0.15) is 5.10 Å². The summed E-state index contributed by atoms with van der Waals surface area (Å²) in [6.07, 6.45) is 3.33. The molecular weight excluding hydrogens is 330 g/mol. The van der Waals surface area contributed by atoms with Gasteiger partial charge in [0.1, 0.15) is 0 Å². The van der Waals surface area contributed by atoms with Crippen LogP contribution in [0.2, 0.25) is 0 Å². The number of nitrogens with zero attached hydrogens (tertiary/aromatic N) is 5. The van der Waals surface area contributed by atoms with Crippen LogP contribution >= 0.6 is 0 Å². The highest BCUT2D eigenvalue weighted by Gasteiger charge is 2.24. The molecule has 1 aliphatic heterocycles.